The number of benzene rings is 1. The molecular formula is C11H15BrO2S. The lowest BCUT2D eigenvalue weighted by Crippen LogP contribution is -2.19. The van der Waals surface area contributed by atoms with Crippen molar-refractivity contribution < 1.29 is 10.2 Å². The first kappa shape index (κ1) is 13.0. The van der Waals surface area contributed by atoms with Crippen LogP contribution in [-0.2, 0) is 0 Å². The maximum Gasteiger partial charge on any atom is 0.105 e. The number of halogens is 1. The van der Waals surface area contributed by atoms with Crippen LogP contribution in [0.3, 0.4) is 0 Å². The molecule has 0 aliphatic rings. The van der Waals surface area contributed by atoms with Gasteiger partial charge < -0.3 is 10.2 Å². The number of hydrogen-bond acceptors (Lipinski definition) is 3. The highest BCUT2D eigenvalue weighted by Crippen LogP contribution is 2.27. The summed E-state index contributed by atoms with van der Waals surface area (Å²) in [6, 6.07) is 5.59. The van der Waals surface area contributed by atoms with E-state index in [0.29, 0.717) is 12.2 Å². The molecule has 0 aliphatic carbocycles. The molecule has 1 aromatic rings. The summed E-state index contributed by atoms with van der Waals surface area (Å²) >= 11 is 7.43. The SMILES string of the molecule is Cc1c(Br)cccc1C(O)C(O)CCS. The van der Waals surface area contributed by atoms with Gasteiger partial charge in [0.2, 0.25) is 0 Å². The van der Waals surface area contributed by atoms with Crippen LogP contribution in [0, 0.1) is 6.92 Å². The van der Waals surface area contributed by atoms with Crippen molar-refractivity contribution in [3.05, 3.63) is 33.8 Å². The molecule has 2 nitrogen and oxygen atoms in total. The summed E-state index contributed by atoms with van der Waals surface area (Å²) in [6.07, 6.45) is -1.11. The molecule has 0 amide bonds. The van der Waals surface area contributed by atoms with Crippen LogP contribution in [0.1, 0.15) is 23.7 Å². The Balaban J connectivity index is 2.90. The zero-order valence-corrected chi connectivity index (χ0v) is 11.0. The lowest BCUT2D eigenvalue weighted by molar-refractivity contribution is 0.0168. The Labute approximate surface area is 104 Å². The number of rotatable bonds is 4. The van der Waals surface area contributed by atoms with E-state index in [2.05, 4.69) is 28.6 Å². The van der Waals surface area contributed by atoms with Crippen molar-refractivity contribution >= 4 is 28.6 Å². The average Bonchev–Trinajstić information content (AvgIpc) is 2.21. The zero-order valence-electron chi connectivity index (χ0n) is 8.52. The van der Waals surface area contributed by atoms with Crippen molar-refractivity contribution in [2.24, 2.45) is 0 Å². The lowest BCUT2D eigenvalue weighted by Gasteiger charge is -2.19. The molecule has 15 heavy (non-hydrogen) atoms. The maximum absolute atomic E-state index is 9.92. The fourth-order valence-corrected chi connectivity index (χ4v) is 2.09. The molecule has 0 radical (unpaired) electrons. The second-order valence-electron chi connectivity index (χ2n) is 3.48. The van der Waals surface area contributed by atoms with E-state index in [-0.39, 0.29) is 0 Å². The minimum absolute atomic E-state index is 0.482. The minimum Gasteiger partial charge on any atom is -0.390 e. The molecule has 0 saturated carbocycles. The lowest BCUT2D eigenvalue weighted by atomic mass is 9.98. The molecule has 2 N–H and O–H groups in total. The Morgan fingerprint density at radius 2 is 2.07 bits per heavy atom. The van der Waals surface area contributed by atoms with Gasteiger partial charge in [0.25, 0.3) is 0 Å². The summed E-state index contributed by atoms with van der Waals surface area (Å²) < 4.78 is 0.942. The van der Waals surface area contributed by atoms with Crippen LogP contribution in [0.4, 0.5) is 0 Å². The van der Waals surface area contributed by atoms with Gasteiger partial charge in [-0.15, -0.1) is 0 Å². The smallest absolute Gasteiger partial charge is 0.105 e. The Morgan fingerprint density at radius 3 is 2.67 bits per heavy atom. The van der Waals surface area contributed by atoms with Crippen LogP contribution >= 0.6 is 28.6 Å². The standard InChI is InChI=1S/C11H15BrO2S/c1-7-8(3-2-4-9(7)12)11(14)10(13)5-6-15/h2-4,10-11,13-15H,5-6H2,1H3. The van der Waals surface area contributed by atoms with Gasteiger partial charge in [-0.1, -0.05) is 28.1 Å². The number of aliphatic hydroxyl groups excluding tert-OH is 2. The second-order valence-corrected chi connectivity index (χ2v) is 4.78. The van der Waals surface area contributed by atoms with Crippen LogP contribution in [0.5, 0.6) is 0 Å². The van der Waals surface area contributed by atoms with Crippen LogP contribution in [0.15, 0.2) is 22.7 Å². The maximum atomic E-state index is 9.92. The van der Waals surface area contributed by atoms with E-state index >= 15 is 0 Å². The Hall–Kier alpha value is -0.0300. The molecule has 84 valence electrons. The van der Waals surface area contributed by atoms with E-state index in [9.17, 15) is 10.2 Å². The highest BCUT2D eigenvalue weighted by molar-refractivity contribution is 9.10. The third-order valence-electron chi connectivity index (χ3n) is 2.42. The summed E-state index contributed by atoms with van der Waals surface area (Å²) in [5.74, 6) is 0.561. The zero-order chi connectivity index (χ0) is 11.4. The van der Waals surface area contributed by atoms with Crippen molar-refractivity contribution in [2.75, 3.05) is 5.75 Å². The fraction of sp³-hybridized carbons (Fsp3) is 0.455. The van der Waals surface area contributed by atoms with Gasteiger partial charge in [-0.2, -0.15) is 12.6 Å². The third kappa shape index (κ3) is 3.21. The summed E-state index contributed by atoms with van der Waals surface area (Å²) in [7, 11) is 0. The van der Waals surface area contributed by atoms with E-state index in [4.69, 9.17) is 0 Å². The predicted molar refractivity (Wildman–Crippen MR) is 68.3 cm³/mol. The average molecular weight is 291 g/mol. The Bertz CT molecular complexity index is 330. The topological polar surface area (TPSA) is 40.5 Å². The predicted octanol–water partition coefficient (Wildman–Crippen LogP) is 2.47. The van der Waals surface area contributed by atoms with Gasteiger partial charge in [-0.3, -0.25) is 0 Å². The molecule has 4 heteroatoms. The number of hydrogen-bond donors (Lipinski definition) is 3. The number of aliphatic hydroxyl groups is 2. The molecule has 0 saturated heterocycles. The monoisotopic (exact) mass is 290 g/mol. The van der Waals surface area contributed by atoms with Gasteiger partial charge in [-0.05, 0) is 36.3 Å². The molecule has 0 bridgehead atoms. The molecule has 0 heterocycles. The van der Waals surface area contributed by atoms with E-state index < -0.39 is 12.2 Å². The second kappa shape index (κ2) is 5.89. The molecule has 0 fully saturated rings. The molecule has 1 rings (SSSR count). The quantitative estimate of drug-likeness (QED) is 0.746. The molecular weight excluding hydrogens is 276 g/mol. The highest BCUT2D eigenvalue weighted by atomic mass is 79.9. The first-order valence-electron chi connectivity index (χ1n) is 4.80. The normalized spacial score (nSPS) is 15.0. The summed E-state index contributed by atoms with van der Waals surface area (Å²) in [4.78, 5) is 0. The van der Waals surface area contributed by atoms with E-state index in [1.807, 2.05) is 25.1 Å². The first-order chi connectivity index (χ1) is 7.07. The summed E-state index contributed by atoms with van der Waals surface area (Å²) in [5, 5.41) is 19.6. The van der Waals surface area contributed by atoms with Crippen LogP contribution in [0.2, 0.25) is 0 Å². The fourth-order valence-electron chi connectivity index (χ4n) is 1.44. The molecule has 1 aromatic carbocycles. The Morgan fingerprint density at radius 1 is 1.40 bits per heavy atom. The number of thiol groups is 1. The van der Waals surface area contributed by atoms with Crippen LogP contribution < -0.4 is 0 Å². The van der Waals surface area contributed by atoms with Crippen molar-refractivity contribution in [3.8, 4) is 0 Å². The van der Waals surface area contributed by atoms with E-state index in [1.165, 1.54) is 0 Å². The molecule has 0 aromatic heterocycles. The van der Waals surface area contributed by atoms with Gasteiger partial charge in [0.1, 0.15) is 6.10 Å². The van der Waals surface area contributed by atoms with Crippen molar-refractivity contribution in [1.29, 1.82) is 0 Å². The molecule has 2 atom stereocenters. The van der Waals surface area contributed by atoms with E-state index in [0.717, 1.165) is 15.6 Å². The van der Waals surface area contributed by atoms with Gasteiger partial charge in [0.15, 0.2) is 0 Å². The van der Waals surface area contributed by atoms with Crippen molar-refractivity contribution in [3.63, 3.8) is 0 Å². The Kier molecular flexibility index (Phi) is 5.12. The van der Waals surface area contributed by atoms with Crippen LogP contribution in [0.25, 0.3) is 0 Å². The minimum atomic E-state index is -0.838. The first-order valence-corrected chi connectivity index (χ1v) is 6.22. The molecule has 2 unspecified atom stereocenters. The van der Waals surface area contributed by atoms with Crippen molar-refractivity contribution in [2.45, 2.75) is 25.6 Å². The molecule has 0 aliphatic heterocycles. The van der Waals surface area contributed by atoms with E-state index in [1.54, 1.807) is 0 Å². The van der Waals surface area contributed by atoms with Gasteiger partial charge in [-0.25, -0.2) is 0 Å². The van der Waals surface area contributed by atoms with Crippen molar-refractivity contribution in [1.82, 2.24) is 0 Å². The summed E-state index contributed by atoms with van der Waals surface area (Å²) in [5.41, 5.74) is 1.72. The van der Waals surface area contributed by atoms with Crippen LogP contribution in [-0.4, -0.2) is 22.1 Å². The molecule has 0 spiro atoms. The largest absolute Gasteiger partial charge is 0.390 e. The third-order valence-corrected chi connectivity index (χ3v) is 3.53. The summed E-state index contributed by atoms with van der Waals surface area (Å²) in [6.45, 7) is 1.91. The highest BCUT2D eigenvalue weighted by Gasteiger charge is 2.19. The van der Waals surface area contributed by atoms with Gasteiger partial charge in [0.05, 0.1) is 6.10 Å². The van der Waals surface area contributed by atoms with Gasteiger partial charge in [0, 0.05) is 4.47 Å². The van der Waals surface area contributed by atoms with Gasteiger partial charge >= 0.3 is 0 Å².